The zero-order valence-corrected chi connectivity index (χ0v) is 12.4. The molecule has 0 aliphatic rings. The molecule has 1 atom stereocenters. The Kier molecular flexibility index (Phi) is 4.39. The first-order valence-corrected chi connectivity index (χ1v) is 6.70. The number of benzene rings is 1. The van der Waals surface area contributed by atoms with Crippen LogP contribution in [0, 0.1) is 6.92 Å². The summed E-state index contributed by atoms with van der Waals surface area (Å²) in [5.41, 5.74) is 0.781. The van der Waals surface area contributed by atoms with Crippen LogP contribution in [0.15, 0.2) is 24.3 Å². The van der Waals surface area contributed by atoms with Gasteiger partial charge in [0.25, 0.3) is 0 Å². The Morgan fingerprint density at radius 2 is 2.05 bits per heavy atom. The highest BCUT2D eigenvalue weighted by Gasteiger charge is 2.28. The number of esters is 1. The molecule has 0 bridgehead atoms. The molecule has 0 radical (unpaired) electrons. The maximum Gasteiger partial charge on any atom is 0.321 e. The van der Waals surface area contributed by atoms with Crippen LogP contribution < -0.4 is 0 Å². The van der Waals surface area contributed by atoms with Crippen molar-refractivity contribution in [3.63, 3.8) is 0 Å². The number of nitrogens with zero attached hydrogens (tertiary/aromatic N) is 3. The predicted octanol–water partition coefficient (Wildman–Crippen LogP) is 2.47. The van der Waals surface area contributed by atoms with E-state index in [2.05, 4.69) is 10.1 Å². The van der Waals surface area contributed by atoms with Gasteiger partial charge in [-0.25, -0.2) is 4.98 Å². The van der Waals surface area contributed by atoms with Gasteiger partial charge in [0.1, 0.15) is 17.6 Å². The van der Waals surface area contributed by atoms with E-state index in [1.165, 1.54) is 0 Å². The first-order valence-electron chi connectivity index (χ1n) is 6.32. The van der Waals surface area contributed by atoms with Crippen molar-refractivity contribution in [3.8, 4) is 0 Å². The molecule has 2 rings (SSSR count). The number of carbonyl (C=O) groups is 1. The summed E-state index contributed by atoms with van der Waals surface area (Å²) in [5, 5.41) is 4.81. The van der Waals surface area contributed by atoms with Crippen LogP contribution in [0.25, 0.3) is 0 Å². The maximum atomic E-state index is 12.3. The Bertz CT molecular complexity index is 607. The molecule has 0 fully saturated rings. The summed E-state index contributed by atoms with van der Waals surface area (Å²) in [7, 11) is 1.76. The first-order chi connectivity index (χ1) is 9.52. The van der Waals surface area contributed by atoms with Gasteiger partial charge in [-0.2, -0.15) is 5.10 Å². The maximum absolute atomic E-state index is 12.3. The van der Waals surface area contributed by atoms with E-state index in [0.717, 1.165) is 5.56 Å². The molecule has 1 heterocycles. The smallest absolute Gasteiger partial charge is 0.321 e. The molecule has 0 N–H and O–H groups in total. The van der Waals surface area contributed by atoms with Crippen LogP contribution in [0.2, 0.25) is 5.02 Å². The highest BCUT2D eigenvalue weighted by atomic mass is 35.5. The minimum Gasteiger partial charge on any atom is -0.465 e. The van der Waals surface area contributed by atoms with Gasteiger partial charge in [-0.1, -0.05) is 23.7 Å². The Balaban J connectivity index is 2.47. The van der Waals surface area contributed by atoms with E-state index >= 15 is 0 Å². The van der Waals surface area contributed by atoms with Crippen LogP contribution in [0.5, 0.6) is 0 Å². The van der Waals surface area contributed by atoms with Gasteiger partial charge < -0.3 is 4.74 Å². The van der Waals surface area contributed by atoms with Gasteiger partial charge in [-0.3, -0.25) is 9.48 Å². The van der Waals surface area contributed by atoms with Crippen molar-refractivity contribution in [2.24, 2.45) is 7.05 Å². The molecule has 1 aromatic carbocycles. The number of hydrogen-bond acceptors (Lipinski definition) is 4. The van der Waals surface area contributed by atoms with Crippen LogP contribution in [0.3, 0.4) is 0 Å². The summed E-state index contributed by atoms with van der Waals surface area (Å²) < 4.78 is 6.76. The van der Waals surface area contributed by atoms with Gasteiger partial charge >= 0.3 is 5.97 Å². The summed E-state index contributed by atoms with van der Waals surface area (Å²) in [5.74, 6) is 0.234. The van der Waals surface area contributed by atoms with Gasteiger partial charge in [-0.15, -0.1) is 0 Å². The van der Waals surface area contributed by atoms with Crippen LogP contribution in [0.1, 0.15) is 30.1 Å². The van der Waals surface area contributed by atoms with Gasteiger partial charge in [0.15, 0.2) is 0 Å². The molecule has 0 spiro atoms. The van der Waals surface area contributed by atoms with Crippen molar-refractivity contribution in [2.75, 3.05) is 6.61 Å². The van der Waals surface area contributed by atoms with E-state index in [1.807, 2.05) is 0 Å². The minimum absolute atomic E-state index is 0.319. The van der Waals surface area contributed by atoms with Crippen molar-refractivity contribution < 1.29 is 9.53 Å². The topological polar surface area (TPSA) is 57.0 Å². The van der Waals surface area contributed by atoms with E-state index in [4.69, 9.17) is 16.3 Å². The van der Waals surface area contributed by atoms with Crippen LogP contribution in [0.4, 0.5) is 0 Å². The first kappa shape index (κ1) is 14.5. The summed E-state index contributed by atoms with van der Waals surface area (Å²) in [4.78, 5) is 16.6. The van der Waals surface area contributed by atoms with Crippen molar-refractivity contribution in [3.05, 3.63) is 46.5 Å². The van der Waals surface area contributed by atoms with Crippen molar-refractivity contribution >= 4 is 17.6 Å². The van der Waals surface area contributed by atoms with Gasteiger partial charge in [0, 0.05) is 12.1 Å². The fraction of sp³-hybridized carbons (Fsp3) is 0.357. The predicted molar refractivity (Wildman–Crippen MR) is 75.7 cm³/mol. The van der Waals surface area contributed by atoms with Crippen molar-refractivity contribution in [1.29, 1.82) is 0 Å². The van der Waals surface area contributed by atoms with E-state index < -0.39 is 5.92 Å². The van der Waals surface area contributed by atoms with Crippen LogP contribution >= 0.6 is 11.6 Å². The standard InChI is InChI=1S/C14H16ClN3O2/c1-4-20-14(19)12(10-5-7-11(15)8-6-10)13-16-9(2)17-18(13)3/h5-8,12H,4H2,1-3H3. The molecule has 0 aliphatic carbocycles. The summed E-state index contributed by atoms with van der Waals surface area (Å²) in [6.45, 7) is 3.88. The zero-order chi connectivity index (χ0) is 14.7. The van der Waals surface area contributed by atoms with E-state index in [1.54, 1.807) is 49.8 Å². The number of ether oxygens (including phenoxy) is 1. The molecule has 1 unspecified atom stereocenters. The van der Waals surface area contributed by atoms with E-state index in [9.17, 15) is 4.79 Å². The van der Waals surface area contributed by atoms with Gasteiger partial charge in [0.2, 0.25) is 0 Å². The number of carbonyl (C=O) groups excluding carboxylic acids is 1. The van der Waals surface area contributed by atoms with Crippen molar-refractivity contribution in [2.45, 2.75) is 19.8 Å². The normalized spacial score (nSPS) is 12.2. The molecule has 0 saturated carbocycles. The molecule has 6 heteroatoms. The fourth-order valence-electron chi connectivity index (χ4n) is 2.05. The lowest BCUT2D eigenvalue weighted by Gasteiger charge is -2.15. The second-order valence-electron chi connectivity index (χ2n) is 4.38. The summed E-state index contributed by atoms with van der Waals surface area (Å²) in [6.07, 6.45) is 0. The average molecular weight is 294 g/mol. The van der Waals surface area contributed by atoms with Crippen molar-refractivity contribution in [1.82, 2.24) is 14.8 Å². The third kappa shape index (κ3) is 2.99. The Labute approximate surface area is 122 Å². The number of aryl methyl sites for hydroxylation is 2. The lowest BCUT2D eigenvalue weighted by molar-refractivity contribution is -0.144. The van der Waals surface area contributed by atoms with Gasteiger partial charge in [0.05, 0.1) is 6.61 Å². The number of halogens is 1. The Hall–Kier alpha value is -1.88. The fourth-order valence-corrected chi connectivity index (χ4v) is 2.18. The van der Waals surface area contributed by atoms with Gasteiger partial charge in [-0.05, 0) is 31.5 Å². The molecule has 0 aliphatic heterocycles. The number of aromatic nitrogens is 3. The van der Waals surface area contributed by atoms with E-state index in [-0.39, 0.29) is 5.97 Å². The molecule has 106 valence electrons. The molecular weight excluding hydrogens is 278 g/mol. The largest absolute Gasteiger partial charge is 0.465 e. The second-order valence-corrected chi connectivity index (χ2v) is 4.81. The molecule has 0 saturated heterocycles. The molecule has 20 heavy (non-hydrogen) atoms. The average Bonchev–Trinajstić information content (AvgIpc) is 2.72. The number of hydrogen-bond donors (Lipinski definition) is 0. The SMILES string of the molecule is CCOC(=O)C(c1ccc(Cl)cc1)c1nc(C)nn1C. The monoisotopic (exact) mass is 293 g/mol. The number of rotatable bonds is 4. The van der Waals surface area contributed by atoms with E-state index in [0.29, 0.717) is 23.3 Å². The highest BCUT2D eigenvalue weighted by Crippen LogP contribution is 2.26. The Morgan fingerprint density at radius 1 is 1.40 bits per heavy atom. The molecule has 1 aromatic heterocycles. The molecular formula is C14H16ClN3O2. The van der Waals surface area contributed by atoms with Crippen LogP contribution in [-0.4, -0.2) is 27.3 Å². The summed E-state index contributed by atoms with van der Waals surface area (Å²) in [6, 6.07) is 7.08. The Morgan fingerprint density at radius 3 is 2.55 bits per heavy atom. The lowest BCUT2D eigenvalue weighted by atomic mass is 9.98. The lowest BCUT2D eigenvalue weighted by Crippen LogP contribution is -2.20. The van der Waals surface area contributed by atoms with Crippen LogP contribution in [-0.2, 0) is 16.6 Å². The zero-order valence-electron chi connectivity index (χ0n) is 11.6. The second kappa shape index (κ2) is 6.05. The highest BCUT2D eigenvalue weighted by molar-refractivity contribution is 6.30. The minimum atomic E-state index is -0.599. The quantitative estimate of drug-likeness (QED) is 0.813. The molecule has 0 amide bonds. The molecule has 5 nitrogen and oxygen atoms in total. The third-order valence-electron chi connectivity index (χ3n) is 2.89. The summed E-state index contributed by atoms with van der Waals surface area (Å²) >= 11 is 5.89. The third-order valence-corrected chi connectivity index (χ3v) is 3.14. The molecule has 2 aromatic rings.